The fourth-order valence-electron chi connectivity index (χ4n) is 1.84. The van der Waals surface area contributed by atoms with Gasteiger partial charge in [-0.15, -0.1) is 11.3 Å². The van der Waals surface area contributed by atoms with Crippen LogP contribution in [0, 0.1) is 9.39 Å². The third kappa shape index (κ3) is 2.40. The average molecular weight is 399 g/mol. The first-order valence-corrected chi connectivity index (χ1v) is 7.53. The summed E-state index contributed by atoms with van der Waals surface area (Å²) in [6.07, 6.45) is 0. The lowest BCUT2D eigenvalue weighted by Crippen LogP contribution is -1.94. The smallest absolute Gasteiger partial charge is 0.335 e. The molecule has 6 heteroatoms. The highest BCUT2D eigenvalue weighted by molar-refractivity contribution is 14.1. The number of thiazole rings is 1. The molecule has 20 heavy (non-hydrogen) atoms. The number of halogens is 2. The van der Waals surface area contributed by atoms with Crippen molar-refractivity contribution in [2.24, 2.45) is 0 Å². The van der Waals surface area contributed by atoms with Crippen molar-refractivity contribution in [2.75, 3.05) is 0 Å². The maximum Gasteiger partial charge on any atom is 0.335 e. The Morgan fingerprint density at radius 1 is 1.25 bits per heavy atom. The molecule has 0 aliphatic rings. The van der Waals surface area contributed by atoms with Crippen LogP contribution >= 0.6 is 33.9 Å². The van der Waals surface area contributed by atoms with Crippen molar-refractivity contribution in [1.29, 1.82) is 0 Å². The van der Waals surface area contributed by atoms with E-state index in [-0.39, 0.29) is 11.4 Å². The number of carbonyl (C=O) groups is 1. The zero-order valence-corrected chi connectivity index (χ0v) is 12.9. The summed E-state index contributed by atoms with van der Waals surface area (Å²) in [5, 5.41) is 9.74. The lowest BCUT2D eigenvalue weighted by Gasteiger charge is -1.99. The van der Waals surface area contributed by atoms with Crippen LogP contribution in [0.15, 0.2) is 36.4 Å². The Bertz CT molecular complexity index is 831. The highest BCUT2D eigenvalue weighted by Crippen LogP contribution is 2.33. The van der Waals surface area contributed by atoms with Crippen molar-refractivity contribution in [3.05, 3.63) is 51.3 Å². The van der Waals surface area contributed by atoms with Gasteiger partial charge in [-0.3, -0.25) is 0 Å². The molecule has 0 amide bonds. The summed E-state index contributed by atoms with van der Waals surface area (Å²) in [5.74, 6) is -1.24. The molecule has 2 aromatic carbocycles. The van der Waals surface area contributed by atoms with Gasteiger partial charge in [0, 0.05) is 9.13 Å². The molecule has 0 unspecified atom stereocenters. The molecule has 1 heterocycles. The second-order valence-corrected chi connectivity index (χ2v) is 6.32. The highest BCUT2D eigenvalue weighted by atomic mass is 127. The lowest BCUT2D eigenvalue weighted by atomic mass is 10.2. The largest absolute Gasteiger partial charge is 0.478 e. The molecule has 3 nitrogen and oxygen atoms in total. The van der Waals surface area contributed by atoms with E-state index < -0.39 is 5.97 Å². The van der Waals surface area contributed by atoms with Gasteiger partial charge in [0.1, 0.15) is 10.8 Å². The molecule has 3 aromatic rings. The molecule has 0 spiro atoms. The lowest BCUT2D eigenvalue weighted by molar-refractivity contribution is 0.0697. The van der Waals surface area contributed by atoms with Gasteiger partial charge in [0.2, 0.25) is 0 Å². The quantitative estimate of drug-likeness (QED) is 0.650. The molecule has 3 rings (SSSR count). The van der Waals surface area contributed by atoms with E-state index in [9.17, 15) is 9.18 Å². The fraction of sp³-hybridized carbons (Fsp3) is 0. The molecule has 1 aromatic heterocycles. The number of aromatic carboxylic acids is 1. The Hall–Kier alpha value is -1.54. The van der Waals surface area contributed by atoms with E-state index in [0.29, 0.717) is 0 Å². The van der Waals surface area contributed by atoms with E-state index in [1.807, 2.05) is 0 Å². The van der Waals surface area contributed by atoms with E-state index in [0.717, 1.165) is 24.4 Å². The van der Waals surface area contributed by atoms with Crippen LogP contribution in [-0.4, -0.2) is 16.1 Å². The van der Waals surface area contributed by atoms with E-state index >= 15 is 0 Å². The fourth-order valence-corrected chi connectivity index (χ4v) is 3.80. The zero-order chi connectivity index (χ0) is 14.3. The standard InChI is InChI=1S/C14H7FINO2S/c15-8-2-3-9(10(16)6-8)13-17-11-4-1-7(14(18)19)5-12(11)20-13/h1-6H,(H,18,19). The molecule has 0 atom stereocenters. The van der Waals surface area contributed by atoms with E-state index in [1.54, 1.807) is 18.2 Å². The topological polar surface area (TPSA) is 50.2 Å². The number of rotatable bonds is 2. The van der Waals surface area contributed by atoms with Gasteiger partial charge in [-0.25, -0.2) is 14.2 Å². The van der Waals surface area contributed by atoms with Crippen molar-refractivity contribution >= 4 is 50.1 Å². The molecule has 0 fully saturated rings. The Labute approximate surface area is 131 Å². The Morgan fingerprint density at radius 2 is 2.05 bits per heavy atom. The van der Waals surface area contributed by atoms with Crippen molar-refractivity contribution in [1.82, 2.24) is 4.98 Å². The van der Waals surface area contributed by atoms with Crippen molar-refractivity contribution < 1.29 is 14.3 Å². The molecule has 0 bridgehead atoms. The molecule has 0 saturated heterocycles. The summed E-state index contributed by atoms with van der Waals surface area (Å²) in [7, 11) is 0. The van der Waals surface area contributed by atoms with Gasteiger partial charge >= 0.3 is 5.97 Å². The third-order valence-electron chi connectivity index (χ3n) is 2.80. The number of carboxylic acids is 1. The molecular formula is C14H7FINO2S. The number of fused-ring (bicyclic) bond motifs is 1. The second kappa shape index (κ2) is 5.10. The second-order valence-electron chi connectivity index (χ2n) is 4.13. The number of hydrogen-bond donors (Lipinski definition) is 1. The van der Waals surface area contributed by atoms with Crippen LogP contribution in [0.25, 0.3) is 20.8 Å². The first kappa shape index (κ1) is 13.4. The Morgan fingerprint density at radius 3 is 2.75 bits per heavy atom. The molecule has 0 aliphatic heterocycles. The van der Waals surface area contributed by atoms with Crippen LogP contribution in [0.5, 0.6) is 0 Å². The zero-order valence-electron chi connectivity index (χ0n) is 9.93. The number of benzene rings is 2. The minimum absolute atomic E-state index is 0.238. The molecule has 100 valence electrons. The predicted molar refractivity (Wildman–Crippen MR) is 84.7 cm³/mol. The molecule has 0 saturated carbocycles. The number of aromatic nitrogens is 1. The van der Waals surface area contributed by atoms with Gasteiger partial charge in [-0.2, -0.15) is 0 Å². The SMILES string of the molecule is O=C(O)c1ccc2nc(-c3ccc(F)cc3I)sc2c1. The summed E-state index contributed by atoms with van der Waals surface area (Å²) in [6, 6.07) is 9.36. The van der Waals surface area contributed by atoms with Crippen molar-refractivity contribution in [3.63, 3.8) is 0 Å². The number of carboxylic acid groups (broad SMARTS) is 1. The van der Waals surface area contributed by atoms with Gasteiger partial charge in [-0.1, -0.05) is 0 Å². The summed E-state index contributed by atoms with van der Waals surface area (Å²) in [4.78, 5) is 15.4. The van der Waals surface area contributed by atoms with Crippen LogP contribution in [0.4, 0.5) is 4.39 Å². The van der Waals surface area contributed by atoms with Crippen LogP contribution in [0.3, 0.4) is 0 Å². The normalized spacial score (nSPS) is 10.9. The first-order valence-electron chi connectivity index (χ1n) is 5.64. The molecule has 0 radical (unpaired) electrons. The number of nitrogens with zero attached hydrogens (tertiary/aromatic N) is 1. The van der Waals surface area contributed by atoms with Crippen molar-refractivity contribution in [3.8, 4) is 10.6 Å². The summed E-state index contributed by atoms with van der Waals surface area (Å²) >= 11 is 3.46. The minimum Gasteiger partial charge on any atom is -0.478 e. The summed E-state index contributed by atoms with van der Waals surface area (Å²) < 4.78 is 14.7. The maximum absolute atomic E-state index is 13.1. The predicted octanol–water partition coefficient (Wildman–Crippen LogP) is 4.41. The summed E-state index contributed by atoms with van der Waals surface area (Å²) in [6.45, 7) is 0. The van der Waals surface area contributed by atoms with Crippen LogP contribution < -0.4 is 0 Å². The van der Waals surface area contributed by atoms with E-state index in [4.69, 9.17) is 5.11 Å². The Balaban J connectivity index is 2.15. The van der Waals surface area contributed by atoms with Gasteiger partial charge in [0.15, 0.2) is 0 Å². The number of hydrogen-bond acceptors (Lipinski definition) is 3. The van der Waals surface area contributed by atoms with Gasteiger partial charge < -0.3 is 5.11 Å². The van der Waals surface area contributed by atoms with Crippen LogP contribution in [0.1, 0.15) is 10.4 Å². The van der Waals surface area contributed by atoms with E-state index in [2.05, 4.69) is 27.6 Å². The van der Waals surface area contributed by atoms with Gasteiger partial charge in [0.05, 0.1) is 15.8 Å². The van der Waals surface area contributed by atoms with E-state index in [1.165, 1.54) is 29.5 Å². The molecular weight excluding hydrogens is 392 g/mol. The van der Waals surface area contributed by atoms with Crippen LogP contribution in [-0.2, 0) is 0 Å². The maximum atomic E-state index is 13.1. The van der Waals surface area contributed by atoms with Crippen LogP contribution in [0.2, 0.25) is 0 Å². The molecule has 1 N–H and O–H groups in total. The third-order valence-corrected chi connectivity index (χ3v) is 4.74. The summed E-state index contributed by atoms with van der Waals surface area (Å²) in [5.41, 5.74) is 1.83. The molecule has 0 aliphatic carbocycles. The first-order chi connectivity index (χ1) is 9.54. The van der Waals surface area contributed by atoms with Crippen molar-refractivity contribution in [2.45, 2.75) is 0 Å². The van der Waals surface area contributed by atoms with Gasteiger partial charge in [-0.05, 0) is 59.0 Å². The Kier molecular flexibility index (Phi) is 3.43. The van der Waals surface area contributed by atoms with Gasteiger partial charge in [0.25, 0.3) is 0 Å². The monoisotopic (exact) mass is 399 g/mol. The minimum atomic E-state index is -0.960. The average Bonchev–Trinajstić information content (AvgIpc) is 2.80. The highest BCUT2D eigenvalue weighted by Gasteiger charge is 2.12.